The Labute approximate surface area is 372 Å². The molecule has 0 spiro atoms. The van der Waals surface area contributed by atoms with Crippen LogP contribution >= 0.6 is 23.2 Å². The minimum Gasteiger partial charge on any atom is -0.476 e. The number of nitrogens with one attached hydrogen (secondary N) is 3. The lowest BCUT2D eigenvalue weighted by atomic mass is 10.1. The summed E-state index contributed by atoms with van der Waals surface area (Å²) in [5.74, 6) is -0.103. The molecule has 8 N–H and O–H groups in total. The Morgan fingerprint density at radius 2 is 1.10 bits per heavy atom. The predicted molar refractivity (Wildman–Crippen MR) is 243 cm³/mol. The van der Waals surface area contributed by atoms with E-state index in [2.05, 4.69) is 35.9 Å². The third-order valence-electron chi connectivity index (χ3n) is 9.01. The highest BCUT2D eigenvalue weighted by Crippen LogP contribution is 2.21. The minimum absolute atomic E-state index is 0.00406. The molecule has 0 saturated carbocycles. The molecule has 0 saturated heterocycles. The Bertz CT molecular complexity index is 2720. The summed E-state index contributed by atoms with van der Waals surface area (Å²) in [5, 5.41) is 37.7. The van der Waals surface area contributed by atoms with Crippen molar-refractivity contribution in [1.29, 1.82) is 0 Å². The van der Waals surface area contributed by atoms with Crippen molar-refractivity contribution in [2.75, 3.05) is 23.8 Å². The third-order valence-corrected chi connectivity index (χ3v) is 9.48. The van der Waals surface area contributed by atoms with Gasteiger partial charge in [0.2, 0.25) is 0 Å². The van der Waals surface area contributed by atoms with Gasteiger partial charge in [0.05, 0.1) is 36.7 Å². The van der Waals surface area contributed by atoms with Gasteiger partial charge in [-0.05, 0) is 71.8 Å². The maximum absolute atomic E-state index is 12.7. The molecule has 2 unspecified atom stereocenters. The molecule has 0 aliphatic carbocycles. The number of carboxylic acids is 1. The fraction of sp³-hybridized carbons (Fsp3) is 0.0870. The highest BCUT2D eigenvalue weighted by Gasteiger charge is 2.18. The van der Waals surface area contributed by atoms with E-state index < -0.39 is 17.9 Å². The van der Waals surface area contributed by atoms with Gasteiger partial charge in [-0.1, -0.05) is 83.9 Å². The van der Waals surface area contributed by atoms with E-state index in [1.165, 1.54) is 12.5 Å². The van der Waals surface area contributed by atoms with Gasteiger partial charge in [-0.25, -0.2) is 24.7 Å². The van der Waals surface area contributed by atoms with Crippen molar-refractivity contribution in [3.63, 3.8) is 0 Å². The number of para-hydroxylation sites is 2. The Balaban J connectivity index is 0.000000177. The molecular weight excluding hydrogens is 843 g/mol. The lowest BCUT2D eigenvalue weighted by Crippen LogP contribution is -2.31. The average Bonchev–Trinajstić information content (AvgIpc) is 4.02. The molecule has 8 rings (SSSR count). The third kappa shape index (κ3) is 13.3. The van der Waals surface area contributed by atoms with E-state index in [9.17, 15) is 14.7 Å². The zero-order valence-electron chi connectivity index (χ0n) is 33.4. The minimum atomic E-state index is -1.05. The van der Waals surface area contributed by atoms with Crippen molar-refractivity contribution in [2.45, 2.75) is 12.1 Å². The number of rotatable bonds is 13. The zero-order valence-corrected chi connectivity index (χ0v) is 34.9. The van der Waals surface area contributed by atoms with Crippen LogP contribution in [0.5, 0.6) is 0 Å². The number of benzene rings is 4. The Morgan fingerprint density at radius 3 is 1.57 bits per heavy atom. The summed E-state index contributed by atoms with van der Waals surface area (Å²) in [6.07, 6.45) is 9.45. The van der Waals surface area contributed by atoms with Crippen LogP contribution in [0.25, 0.3) is 11.4 Å². The fourth-order valence-electron chi connectivity index (χ4n) is 5.82. The Kier molecular flexibility index (Phi) is 16.1. The van der Waals surface area contributed by atoms with Crippen molar-refractivity contribution in [3.8, 4) is 11.4 Å². The number of aliphatic hydroxyl groups excluding tert-OH is 2. The van der Waals surface area contributed by atoms with Crippen molar-refractivity contribution in [2.24, 2.45) is 5.73 Å². The predicted octanol–water partition coefficient (Wildman–Crippen LogP) is 8.17. The first-order chi connectivity index (χ1) is 30.6. The molecule has 0 aliphatic rings. The number of nitrogens with two attached hydrogens (primary N) is 1. The molecule has 320 valence electrons. The van der Waals surface area contributed by atoms with Crippen LogP contribution in [0.2, 0.25) is 10.0 Å². The van der Waals surface area contributed by atoms with E-state index in [0.29, 0.717) is 27.2 Å². The van der Waals surface area contributed by atoms with Crippen molar-refractivity contribution in [1.82, 2.24) is 34.4 Å². The molecule has 15 nitrogen and oxygen atoms in total. The number of nitrogens with zero attached hydrogens (tertiary/aromatic N) is 6. The Hall–Kier alpha value is -7.40. The second kappa shape index (κ2) is 22.4. The topological polar surface area (TPSA) is 218 Å². The van der Waals surface area contributed by atoms with Crippen molar-refractivity contribution in [3.05, 3.63) is 203 Å². The molecule has 0 fully saturated rings. The largest absolute Gasteiger partial charge is 0.476 e. The van der Waals surface area contributed by atoms with Gasteiger partial charge in [0.25, 0.3) is 5.91 Å². The van der Waals surface area contributed by atoms with Crippen LogP contribution < -0.4 is 21.7 Å². The van der Waals surface area contributed by atoms with Crippen LogP contribution in [0, 0.1) is 0 Å². The molecule has 2 atom stereocenters. The number of carboxylic acid groups (broad SMARTS) is 1. The first kappa shape index (κ1) is 45.1. The van der Waals surface area contributed by atoms with Gasteiger partial charge in [0, 0.05) is 58.3 Å². The quantitative estimate of drug-likeness (QED) is 0.0583. The molecule has 8 aromatic rings. The normalized spacial score (nSPS) is 11.4. The number of amides is 1. The highest BCUT2D eigenvalue weighted by molar-refractivity contribution is 6.30. The maximum Gasteiger partial charge on any atom is 0.356 e. The fourth-order valence-corrected chi connectivity index (χ4v) is 6.22. The van der Waals surface area contributed by atoms with Gasteiger partial charge >= 0.3 is 5.97 Å². The van der Waals surface area contributed by atoms with E-state index in [0.717, 1.165) is 28.3 Å². The maximum atomic E-state index is 12.7. The average molecular weight is 886 g/mol. The number of imidazole rings is 2. The van der Waals surface area contributed by atoms with Gasteiger partial charge in [-0.2, -0.15) is 0 Å². The second-order valence-electron chi connectivity index (χ2n) is 13.5. The van der Waals surface area contributed by atoms with Gasteiger partial charge < -0.3 is 46.1 Å². The summed E-state index contributed by atoms with van der Waals surface area (Å²) in [6.45, 7) is -0.313. The van der Waals surface area contributed by atoms with Gasteiger partial charge in [0.1, 0.15) is 30.0 Å². The molecule has 63 heavy (non-hydrogen) atoms. The summed E-state index contributed by atoms with van der Waals surface area (Å²) in [4.78, 5) is 40.1. The molecule has 0 aliphatic heterocycles. The van der Waals surface area contributed by atoms with Gasteiger partial charge in [-0.15, -0.1) is 0 Å². The number of aromatic carboxylic acids is 1. The van der Waals surface area contributed by atoms with Crippen LogP contribution in [0.4, 0.5) is 23.0 Å². The molecule has 4 aromatic heterocycles. The standard InChI is InChI=1S/C23H20ClN5O2.C15H12N4O2.C8H10ClNO/c24-17-6-4-5-16(11-17)21(14-30)28-23(31)20-13-29(15-26-20)19-9-10-25-22(12-19)27-18-7-2-1-3-8-18;20-15(21)13-9-19(10-17-13)12-6-7-16-14(8-12)18-11-4-2-1-3-5-11;9-7-3-1-2-6(4-7)8(10)5-11/h1-13,15,21,30H,14H2,(H,25,27)(H,28,31);1-10H,(H,16,18)(H,20,21);1-4,8,11H,5,10H2. The monoisotopic (exact) mass is 884 g/mol. The molecule has 0 bridgehead atoms. The first-order valence-corrected chi connectivity index (χ1v) is 20.0. The molecule has 17 heteroatoms. The van der Waals surface area contributed by atoms with Crippen molar-refractivity contribution < 1.29 is 24.9 Å². The summed E-state index contributed by atoms with van der Waals surface area (Å²) in [7, 11) is 0. The van der Waals surface area contributed by atoms with E-state index in [1.807, 2.05) is 91.0 Å². The SMILES string of the molecule is NC(CO)c1cccc(Cl)c1.O=C(NC(CO)c1cccc(Cl)c1)c1cn(-c2ccnc(Nc3ccccc3)c2)cn1.O=C(O)c1cn(-c2ccnc(Nc3ccccc3)c2)cn1. The smallest absolute Gasteiger partial charge is 0.356 e. The number of carbonyl (C=O) groups excluding carboxylic acids is 1. The lowest BCUT2D eigenvalue weighted by molar-refractivity contribution is 0.0690. The summed E-state index contributed by atoms with van der Waals surface area (Å²) in [6, 6.07) is 40.0. The zero-order chi connectivity index (χ0) is 44.6. The number of anilines is 4. The van der Waals surface area contributed by atoms with E-state index in [4.69, 9.17) is 39.1 Å². The second-order valence-corrected chi connectivity index (χ2v) is 14.4. The van der Waals surface area contributed by atoms with E-state index in [1.54, 1.807) is 76.5 Å². The molecule has 0 radical (unpaired) electrons. The molecule has 4 heterocycles. The summed E-state index contributed by atoms with van der Waals surface area (Å²) in [5.41, 5.74) is 10.8. The molecule has 4 aromatic carbocycles. The number of hydrogen-bond donors (Lipinski definition) is 7. The molecular formula is C46H42Cl2N10O5. The van der Waals surface area contributed by atoms with Crippen LogP contribution in [-0.4, -0.2) is 69.5 Å². The number of carbonyl (C=O) groups is 2. The van der Waals surface area contributed by atoms with Crippen LogP contribution in [0.3, 0.4) is 0 Å². The Morgan fingerprint density at radius 1 is 0.603 bits per heavy atom. The van der Waals surface area contributed by atoms with Gasteiger partial charge in [0.15, 0.2) is 5.69 Å². The van der Waals surface area contributed by atoms with E-state index >= 15 is 0 Å². The number of aliphatic hydroxyl groups is 2. The van der Waals surface area contributed by atoms with E-state index in [-0.39, 0.29) is 30.6 Å². The van der Waals surface area contributed by atoms with Crippen LogP contribution in [0.1, 0.15) is 44.2 Å². The first-order valence-electron chi connectivity index (χ1n) is 19.3. The van der Waals surface area contributed by atoms with Crippen LogP contribution in [-0.2, 0) is 0 Å². The number of pyridine rings is 2. The number of halogens is 2. The molecule has 1 amide bonds. The van der Waals surface area contributed by atoms with Crippen molar-refractivity contribution >= 4 is 58.1 Å². The summed E-state index contributed by atoms with van der Waals surface area (Å²) < 4.78 is 3.38. The summed E-state index contributed by atoms with van der Waals surface area (Å²) >= 11 is 11.7. The van der Waals surface area contributed by atoms with Gasteiger partial charge in [-0.3, -0.25) is 4.79 Å². The highest BCUT2D eigenvalue weighted by atomic mass is 35.5. The number of aromatic nitrogens is 6. The van der Waals surface area contributed by atoms with Crippen LogP contribution in [0.15, 0.2) is 171 Å². The number of hydrogen-bond acceptors (Lipinski definition) is 11. The lowest BCUT2D eigenvalue weighted by Gasteiger charge is -2.16.